The summed E-state index contributed by atoms with van der Waals surface area (Å²) in [5.41, 5.74) is 1.19. The van der Waals surface area contributed by atoms with E-state index in [1.165, 1.54) is 57.3 Å². The molecular weight excluding hydrogens is 412 g/mol. The lowest BCUT2D eigenvalue weighted by Crippen LogP contribution is -2.47. The standard InChI is InChI=1S/C19H30ClN3.3ClH/c20-18-9-4-5-10-19(18)23-15-13-22(14-16-23)12-6-11-21-17-7-2-1-3-8-17;;;/h4-5,9-10,17,21H,1-3,6-8,11-16H2;3*1H. The summed E-state index contributed by atoms with van der Waals surface area (Å²) in [7, 11) is 0. The van der Waals surface area contributed by atoms with E-state index in [4.69, 9.17) is 11.6 Å². The van der Waals surface area contributed by atoms with Crippen LogP contribution >= 0.6 is 48.8 Å². The second kappa shape index (κ2) is 14.1. The normalized spacial score (nSPS) is 18.4. The zero-order chi connectivity index (χ0) is 15.9. The smallest absolute Gasteiger partial charge is 0.0639 e. The number of para-hydroxylation sites is 1. The van der Waals surface area contributed by atoms with E-state index in [9.17, 15) is 0 Å². The van der Waals surface area contributed by atoms with Gasteiger partial charge in [0.25, 0.3) is 0 Å². The van der Waals surface area contributed by atoms with Crippen molar-refractivity contribution < 1.29 is 0 Å². The maximum Gasteiger partial charge on any atom is 0.0639 e. The summed E-state index contributed by atoms with van der Waals surface area (Å²) in [4.78, 5) is 5.01. The molecule has 1 saturated carbocycles. The number of piperazine rings is 1. The molecule has 0 aromatic heterocycles. The van der Waals surface area contributed by atoms with Crippen LogP contribution in [-0.2, 0) is 0 Å². The lowest BCUT2D eigenvalue weighted by atomic mass is 9.95. The maximum atomic E-state index is 6.31. The van der Waals surface area contributed by atoms with Crippen molar-refractivity contribution in [1.29, 1.82) is 0 Å². The Bertz CT molecular complexity index is 476. The molecule has 1 saturated heterocycles. The average molecular weight is 445 g/mol. The van der Waals surface area contributed by atoms with E-state index >= 15 is 0 Å². The molecule has 1 aromatic rings. The topological polar surface area (TPSA) is 18.5 Å². The van der Waals surface area contributed by atoms with Crippen molar-refractivity contribution in [1.82, 2.24) is 10.2 Å². The SMILES string of the molecule is Cl.Cl.Cl.Clc1ccccc1N1CCN(CCCNC2CCCCC2)CC1. The Morgan fingerprint density at radius 3 is 2.23 bits per heavy atom. The Morgan fingerprint density at radius 1 is 0.923 bits per heavy atom. The summed E-state index contributed by atoms with van der Waals surface area (Å²) < 4.78 is 0. The third-order valence-electron chi connectivity index (χ3n) is 5.25. The molecule has 3 rings (SSSR count). The van der Waals surface area contributed by atoms with Crippen LogP contribution in [0.25, 0.3) is 0 Å². The van der Waals surface area contributed by atoms with Gasteiger partial charge in [-0.15, -0.1) is 37.2 Å². The summed E-state index contributed by atoms with van der Waals surface area (Å²) in [5.74, 6) is 0. The minimum Gasteiger partial charge on any atom is -0.368 e. The first-order valence-electron chi connectivity index (χ1n) is 9.28. The van der Waals surface area contributed by atoms with E-state index in [0.29, 0.717) is 0 Å². The number of nitrogens with zero attached hydrogens (tertiary/aromatic N) is 2. The Labute approximate surface area is 182 Å². The molecule has 26 heavy (non-hydrogen) atoms. The highest BCUT2D eigenvalue weighted by atomic mass is 35.5. The van der Waals surface area contributed by atoms with Crippen molar-refractivity contribution in [2.24, 2.45) is 0 Å². The first-order valence-corrected chi connectivity index (χ1v) is 9.66. The molecule has 1 aliphatic carbocycles. The molecule has 0 atom stereocenters. The number of rotatable bonds is 6. The molecule has 2 aliphatic rings. The van der Waals surface area contributed by atoms with Crippen LogP contribution in [-0.4, -0.2) is 50.2 Å². The molecule has 1 heterocycles. The van der Waals surface area contributed by atoms with Gasteiger partial charge in [-0.3, -0.25) is 4.90 Å². The Kier molecular flexibility index (Phi) is 14.2. The largest absolute Gasteiger partial charge is 0.368 e. The fourth-order valence-corrected chi connectivity index (χ4v) is 4.09. The summed E-state index contributed by atoms with van der Waals surface area (Å²) >= 11 is 6.31. The van der Waals surface area contributed by atoms with Crippen molar-refractivity contribution >= 4 is 54.5 Å². The highest BCUT2D eigenvalue weighted by Crippen LogP contribution is 2.26. The molecule has 0 bridgehead atoms. The van der Waals surface area contributed by atoms with Gasteiger partial charge in [0.15, 0.2) is 0 Å². The van der Waals surface area contributed by atoms with E-state index in [1.807, 2.05) is 12.1 Å². The number of nitrogens with one attached hydrogen (secondary N) is 1. The van der Waals surface area contributed by atoms with Crippen molar-refractivity contribution in [3.8, 4) is 0 Å². The monoisotopic (exact) mass is 443 g/mol. The number of benzene rings is 1. The average Bonchev–Trinajstić information content (AvgIpc) is 2.61. The summed E-state index contributed by atoms with van der Waals surface area (Å²) in [6.45, 7) is 6.86. The number of anilines is 1. The minimum atomic E-state index is 0. The fourth-order valence-electron chi connectivity index (χ4n) is 3.84. The Hall–Kier alpha value is 0.1000. The molecule has 7 heteroatoms. The van der Waals surface area contributed by atoms with Crippen molar-refractivity contribution in [3.05, 3.63) is 29.3 Å². The van der Waals surface area contributed by atoms with Crippen LogP contribution in [0.1, 0.15) is 38.5 Å². The molecule has 1 N–H and O–H groups in total. The van der Waals surface area contributed by atoms with Crippen LogP contribution in [0.4, 0.5) is 5.69 Å². The van der Waals surface area contributed by atoms with Crippen LogP contribution in [0.2, 0.25) is 5.02 Å². The Morgan fingerprint density at radius 2 is 1.58 bits per heavy atom. The summed E-state index contributed by atoms with van der Waals surface area (Å²) in [6, 6.07) is 8.99. The van der Waals surface area contributed by atoms with E-state index in [-0.39, 0.29) is 37.2 Å². The minimum absolute atomic E-state index is 0. The molecule has 3 nitrogen and oxygen atoms in total. The van der Waals surface area contributed by atoms with E-state index in [2.05, 4.69) is 27.2 Å². The van der Waals surface area contributed by atoms with E-state index in [1.54, 1.807) is 0 Å². The van der Waals surface area contributed by atoms with Crippen LogP contribution < -0.4 is 10.2 Å². The van der Waals surface area contributed by atoms with Crippen LogP contribution in [0.15, 0.2) is 24.3 Å². The van der Waals surface area contributed by atoms with Gasteiger partial charge >= 0.3 is 0 Å². The number of halogens is 4. The molecule has 1 aromatic carbocycles. The number of hydrogen-bond donors (Lipinski definition) is 1. The predicted octanol–water partition coefficient (Wildman–Crippen LogP) is 5.04. The first kappa shape index (κ1) is 26.1. The van der Waals surface area contributed by atoms with Crippen LogP contribution in [0.3, 0.4) is 0 Å². The molecule has 0 spiro atoms. The maximum absolute atomic E-state index is 6.31. The zero-order valence-electron chi connectivity index (χ0n) is 15.4. The zero-order valence-corrected chi connectivity index (χ0v) is 18.6. The molecular formula is C19H33Cl4N3. The van der Waals surface area contributed by atoms with Gasteiger partial charge in [-0.05, 0) is 44.5 Å². The second-order valence-electron chi connectivity index (χ2n) is 6.92. The predicted molar refractivity (Wildman–Crippen MR) is 121 cm³/mol. The van der Waals surface area contributed by atoms with E-state index in [0.717, 1.165) is 37.2 Å². The van der Waals surface area contributed by atoms with Gasteiger partial charge in [0.05, 0.1) is 10.7 Å². The first-order chi connectivity index (χ1) is 11.3. The van der Waals surface area contributed by atoms with Crippen LogP contribution in [0, 0.1) is 0 Å². The van der Waals surface area contributed by atoms with Gasteiger partial charge in [0.2, 0.25) is 0 Å². The van der Waals surface area contributed by atoms with Gasteiger partial charge < -0.3 is 10.2 Å². The molecule has 2 fully saturated rings. The number of hydrogen-bond acceptors (Lipinski definition) is 3. The lowest BCUT2D eigenvalue weighted by Gasteiger charge is -2.36. The molecule has 0 radical (unpaired) electrons. The van der Waals surface area contributed by atoms with E-state index < -0.39 is 0 Å². The molecule has 0 unspecified atom stereocenters. The quantitative estimate of drug-likeness (QED) is 0.620. The highest BCUT2D eigenvalue weighted by molar-refractivity contribution is 6.33. The summed E-state index contributed by atoms with van der Waals surface area (Å²) in [6.07, 6.45) is 8.31. The second-order valence-corrected chi connectivity index (χ2v) is 7.33. The summed E-state index contributed by atoms with van der Waals surface area (Å²) in [5, 5.41) is 4.62. The van der Waals surface area contributed by atoms with Crippen LogP contribution in [0.5, 0.6) is 0 Å². The lowest BCUT2D eigenvalue weighted by molar-refractivity contribution is 0.250. The fraction of sp³-hybridized carbons (Fsp3) is 0.684. The van der Waals surface area contributed by atoms with Crippen molar-refractivity contribution in [2.75, 3.05) is 44.2 Å². The van der Waals surface area contributed by atoms with Gasteiger partial charge in [-0.1, -0.05) is 43.0 Å². The molecule has 0 amide bonds. The van der Waals surface area contributed by atoms with Crippen molar-refractivity contribution in [3.63, 3.8) is 0 Å². The van der Waals surface area contributed by atoms with Crippen molar-refractivity contribution in [2.45, 2.75) is 44.6 Å². The van der Waals surface area contributed by atoms with Gasteiger partial charge in [0, 0.05) is 32.2 Å². The third kappa shape index (κ3) is 8.00. The Balaban J connectivity index is 0.00000208. The third-order valence-corrected chi connectivity index (χ3v) is 5.57. The van der Waals surface area contributed by atoms with Gasteiger partial charge in [0.1, 0.15) is 0 Å². The molecule has 1 aliphatic heterocycles. The van der Waals surface area contributed by atoms with Gasteiger partial charge in [-0.2, -0.15) is 0 Å². The molecule has 152 valence electrons. The van der Waals surface area contributed by atoms with Gasteiger partial charge in [-0.25, -0.2) is 0 Å². The highest BCUT2D eigenvalue weighted by Gasteiger charge is 2.18.